The molecule has 3 aromatic carbocycles. The third-order valence-corrected chi connectivity index (χ3v) is 8.42. The van der Waals surface area contributed by atoms with E-state index in [1.807, 2.05) is 6.92 Å². The number of sulfonamides is 1. The van der Waals surface area contributed by atoms with Gasteiger partial charge in [0.15, 0.2) is 0 Å². The fourth-order valence-corrected chi connectivity index (χ4v) is 6.86. The zero-order valence-electron chi connectivity index (χ0n) is 18.9. The van der Waals surface area contributed by atoms with Crippen molar-refractivity contribution in [3.63, 3.8) is 0 Å². The Morgan fingerprint density at radius 1 is 0.882 bits per heavy atom. The van der Waals surface area contributed by atoms with E-state index in [0.717, 1.165) is 0 Å². The summed E-state index contributed by atoms with van der Waals surface area (Å²) in [5.41, 5.74) is 0.460. The lowest BCUT2D eigenvalue weighted by Gasteiger charge is -2.28. The number of carbonyl (C=O) groups excluding carboxylic acids is 1. The van der Waals surface area contributed by atoms with Crippen LogP contribution in [-0.2, 0) is 19.4 Å². The van der Waals surface area contributed by atoms with E-state index in [1.54, 1.807) is 60.7 Å². The van der Waals surface area contributed by atoms with Gasteiger partial charge in [-0.3, -0.25) is 4.79 Å². The molecule has 3 rings (SSSR count). The Kier molecular flexibility index (Phi) is 8.50. The van der Waals surface area contributed by atoms with E-state index in [0.29, 0.717) is 23.6 Å². The highest BCUT2D eigenvalue weighted by Gasteiger charge is 2.41. The summed E-state index contributed by atoms with van der Waals surface area (Å²) < 4.78 is 54.6. The average Bonchev–Trinajstić information content (AvgIpc) is 2.80. The summed E-state index contributed by atoms with van der Waals surface area (Å²) >= 11 is 0. The second kappa shape index (κ2) is 11.3. The summed E-state index contributed by atoms with van der Waals surface area (Å²) in [6.45, 7) is 3.21. The van der Waals surface area contributed by atoms with E-state index in [2.05, 4.69) is 10.0 Å². The number of anilines is 1. The van der Waals surface area contributed by atoms with Crippen LogP contribution in [0, 0.1) is 0 Å². The third kappa shape index (κ3) is 6.93. The molecule has 0 spiro atoms. The number of para-hydroxylation sites is 2. The van der Waals surface area contributed by atoms with E-state index in [9.17, 15) is 17.8 Å². The number of hydrogen-bond acceptors (Lipinski definition) is 6. The lowest BCUT2D eigenvalue weighted by atomic mass is 10.3. The molecule has 0 fully saturated rings. The van der Waals surface area contributed by atoms with Crippen LogP contribution in [0.25, 0.3) is 0 Å². The molecule has 3 aromatic rings. The van der Waals surface area contributed by atoms with E-state index in [1.165, 1.54) is 31.2 Å². The molecule has 1 atom stereocenters. The van der Waals surface area contributed by atoms with E-state index < -0.39 is 23.4 Å². The van der Waals surface area contributed by atoms with Crippen molar-refractivity contribution in [1.82, 2.24) is 4.72 Å². The first-order chi connectivity index (χ1) is 16.2. The summed E-state index contributed by atoms with van der Waals surface area (Å²) in [5, 5.41) is 2.58. The minimum atomic E-state index is -4.09. The molecule has 0 saturated carbocycles. The smallest absolute Gasteiger partial charge is 0.415 e. The van der Waals surface area contributed by atoms with Crippen LogP contribution in [0.4, 0.5) is 5.69 Å². The number of carbonyl (C=O) groups is 1. The van der Waals surface area contributed by atoms with E-state index in [-0.39, 0.29) is 17.2 Å². The molecular weight excluding hydrogens is 475 g/mol. The molecule has 0 saturated heterocycles. The highest BCUT2D eigenvalue weighted by Crippen LogP contribution is 2.53. The van der Waals surface area contributed by atoms with Gasteiger partial charge < -0.3 is 14.4 Å². The molecule has 8 nitrogen and oxygen atoms in total. The molecular formula is C24H27N2O6PS. The van der Waals surface area contributed by atoms with Crippen molar-refractivity contribution in [1.29, 1.82) is 0 Å². The molecule has 0 aliphatic carbocycles. The van der Waals surface area contributed by atoms with Gasteiger partial charge in [-0.25, -0.2) is 13.0 Å². The number of amides is 1. The zero-order chi connectivity index (χ0) is 24.6. The van der Waals surface area contributed by atoms with Gasteiger partial charge in [0.2, 0.25) is 15.9 Å². The molecule has 0 radical (unpaired) electrons. The van der Waals surface area contributed by atoms with Crippen LogP contribution < -0.4 is 19.1 Å². The van der Waals surface area contributed by atoms with Crippen LogP contribution in [0.5, 0.6) is 11.5 Å². The normalized spacial score (nSPS) is 12.5. The van der Waals surface area contributed by atoms with Crippen LogP contribution >= 0.6 is 7.60 Å². The number of rotatable bonds is 11. The van der Waals surface area contributed by atoms with Crippen molar-refractivity contribution in [2.45, 2.75) is 37.4 Å². The van der Waals surface area contributed by atoms with Gasteiger partial charge in [0.05, 0.1) is 4.90 Å². The minimum absolute atomic E-state index is 0.0475. The maximum atomic E-state index is 14.1. The Morgan fingerprint density at radius 2 is 1.38 bits per heavy atom. The van der Waals surface area contributed by atoms with Gasteiger partial charge in [0, 0.05) is 12.6 Å². The van der Waals surface area contributed by atoms with Gasteiger partial charge in [0.1, 0.15) is 17.3 Å². The van der Waals surface area contributed by atoms with Gasteiger partial charge >= 0.3 is 7.60 Å². The molecule has 0 bridgehead atoms. The van der Waals surface area contributed by atoms with Crippen molar-refractivity contribution in [3.8, 4) is 11.5 Å². The van der Waals surface area contributed by atoms with Crippen molar-refractivity contribution >= 4 is 29.2 Å². The second-order valence-corrected chi connectivity index (χ2v) is 11.3. The van der Waals surface area contributed by atoms with Crippen LogP contribution in [0.2, 0.25) is 0 Å². The molecule has 0 aliphatic rings. The average molecular weight is 503 g/mol. The molecule has 10 heteroatoms. The summed E-state index contributed by atoms with van der Waals surface area (Å²) in [7, 11) is -8.17. The minimum Gasteiger partial charge on any atom is -0.415 e. The Hall–Kier alpha value is -3.13. The molecule has 0 aliphatic heterocycles. The maximum absolute atomic E-state index is 14.1. The van der Waals surface area contributed by atoms with Gasteiger partial charge in [-0.2, -0.15) is 4.72 Å². The SMILES string of the molecule is CCCC(NS(=O)(=O)c1ccc(NC(C)=O)cc1)P(=O)(Oc1ccccc1)Oc1ccccc1. The topological polar surface area (TPSA) is 111 Å². The second-order valence-electron chi connectivity index (χ2n) is 7.48. The first-order valence-electron chi connectivity index (χ1n) is 10.7. The summed E-state index contributed by atoms with van der Waals surface area (Å²) in [5.74, 6) is -0.838. The van der Waals surface area contributed by atoms with Crippen LogP contribution in [0.15, 0.2) is 89.8 Å². The van der Waals surface area contributed by atoms with Crippen molar-refractivity contribution < 1.29 is 26.8 Å². The van der Waals surface area contributed by atoms with Crippen molar-refractivity contribution in [3.05, 3.63) is 84.9 Å². The van der Waals surface area contributed by atoms with Gasteiger partial charge in [-0.15, -0.1) is 0 Å². The highest BCUT2D eigenvalue weighted by atomic mass is 32.2. The lowest BCUT2D eigenvalue weighted by Crippen LogP contribution is -2.37. The molecule has 180 valence electrons. The Labute approximate surface area is 199 Å². The largest absolute Gasteiger partial charge is 0.448 e. The summed E-state index contributed by atoms with van der Waals surface area (Å²) in [4.78, 5) is 11.2. The molecule has 0 heterocycles. The first kappa shape index (κ1) is 25.5. The Balaban J connectivity index is 1.93. The molecule has 0 aromatic heterocycles. The highest BCUT2D eigenvalue weighted by molar-refractivity contribution is 7.89. The standard InChI is InChI=1S/C24H27N2O6PS/c1-3-10-24(26-34(29,30)23-17-15-20(16-18-23)25-19(2)27)33(28,31-21-11-6-4-7-12-21)32-22-13-8-5-9-14-22/h4-9,11-18,24,26H,3,10H2,1-2H3,(H,25,27). The van der Waals surface area contributed by atoms with Gasteiger partial charge in [-0.1, -0.05) is 49.7 Å². The van der Waals surface area contributed by atoms with Crippen molar-refractivity contribution in [2.24, 2.45) is 0 Å². The molecule has 1 unspecified atom stereocenters. The molecule has 34 heavy (non-hydrogen) atoms. The summed E-state index contributed by atoms with van der Waals surface area (Å²) in [6, 6.07) is 22.6. The maximum Gasteiger partial charge on any atom is 0.448 e. The number of nitrogens with one attached hydrogen (secondary N) is 2. The number of benzene rings is 3. The monoisotopic (exact) mass is 502 g/mol. The van der Waals surface area contributed by atoms with E-state index in [4.69, 9.17) is 9.05 Å². The molecule has 2 N–H and O–H groups in total. The van der Waals surface area contributed by atoms with Crippen LogP contribution in [-0.4, -0.2) is 20.1 Å². The quantitative estimate of drug-likeness (QED) is 0.340. The lowest BCUT2D eigenvalue weighted by molar-refractivity contribution is -0.114. The van der Waals surface area contributed by atoms with E-state index >= 15 is 0 Å². The van der Waals surface area contributed by atoms with Crippen LogP contribution in [0.3, 0.4) is 0 Å². The number of hydrogen-bond donors (Lipinski definition) is 2. The van der Waals surface area contributed by atoms with Gasteiger partial charge in [0.25, 0.3) is 0 Å². The Morgan fingerprint density at radius 3 is 1.82 bits per heavy atom. The predicted octanol–water partition coefficient (Wildman–Crippen LogP) is 5.40. The fraction of sp³-hybridized carbons (Fsp3) is 0.208. The molecule has 1 amide bonds. The predicted molar refractivity (Wildman–Crippen MR) is 132 cm³/mol. The zero-order valence-corrected chi connectivity index (χ0v) is 20.6. The van der Waals surface area contributed by atoms with Gasteiger partial charge in [-0.05, 0) is 55.0 Å². The Bertz CT molecular complexity index is 1190. The summed E-state index contributed by atoms with van der Waals surface area (Å²) in [6.07, 6.45) is 0.731. The first-order valence-corrected chi connectivity index (χ1v) is 13.8. The van der Waals surface area contributed by atoms with Crippen molar-refractivity contribution in [2.75, 3.05) is 5.32 Å². The van der Waals surface area contributed by atoms with Crippen LogP contribution in [0.1, 0.15) is 26.7 Å². The fourth-order valence-electron chi connectivity index (χ4n) is 3.13. The third-order valence-electron chi connectivity index (χ3n) is 4.67.